The predicted octanol–water partition coefficient (Wildman–Crippen LogP) is 3.12. The molecule has 0 aliphatic carbocycles. The minimum atomic E-state index is -3.80. The topological polar surface area (TPSA) is 123 Å². The molecule has 0 amide bonds. The molecular formula is C20H19N3O6S. The molecule has 0 atom stereocenters. The van der Waals surface area contributed by atoms with E-state index in [0.717, 1.165) is 29.8 Å². The van der Waals surface area contributed by atoms with Crippen LogP contribution in [0.4, 0.5) is 5.69 Å². The Morgan fingerprint density at radius 1 is 1.17 bits per heavy atom. The molecule has 2 aromatic carbocycles. The first-order valence-electron chi connectivity index (χ1n) is 9.38. The Bertz CT molecular complexity index is 1230. The Balaban J connectivity index is 1.57. The number of nitro benzene ring substituents is 1. The van der Waals surface area contributed by atoms with Crippen LogP contribution < -0.4 is 4.74 Å². The summed E-state index contributed by atoms with van der Waals surface area (Å²) < 4.78 is 32.1. The Labute approximate surface area is 172 Å². The summed E-state index contributed by atoms with van der Waals surface area (Å²) in [5, 5.41) is 12.2. The lowest BCUT2D eigenvalue weighted by atomic mass is 10.1. The molecule has 9 nitrogen and oxygen atoms in total. The summed E-state index contributed by atoms with van der Waals surface area (Å²) in [6, 6.07) is 10.7. The third kappa shape index (κ3) is 3.66. The zero-order valence-electron chi connectivity index (χ0n) is 15.9. The lowest BCUT2D eigenvalue weighted by molar-refractivity contribution is -0.386. The SMILES string of the molecule is O=C(COc1ccc(S(=O)(=O)N2CCCC2)cc1[N+](=O)[O-])c1c[nH]c2ccccc12. The number of hydrogen-bond donors (Lipinski definition) is 1. The zero-order chi connectivity index (χ0) is 21.3. The van der Waals surface area contributed by atoms with Gasteiger partial charge in [0.2, 0.25) is 15.8 Å². The number of ether oxygens (including phenoxy) is 1. The van der Waals surface area contributed by atoms with Crippen molar-refractivity contribution in [2.75, 3.05) is 19.7 Å². The van der Waals surface area contributed by atoms with Gasteiger partial charge in [-0.1, -0.05) is 18.2 Å². The van der Waals surface area contributed by atoms with Crippen molar-refractivity contribution in [3.63, 3.8) is 0 Å². The highest BCUT2D eigenvalue weighted by atomic mass is 32.2. The minimum absolute atomic E-state index is 0.159. The fourth-order valence-corrected chi connectivity index (χ4v) is 5.06. The number of aromatic nitrogens is 1. The molecular weight excluding hydrogens is 410 g/mol. The van der Waals surface area contributed by atoms with Gasteiger partial charge in [-0.05, 0) is 31.0 Å². The second-order valence-corrected chi connectivity index (χ2v) is 8.90. The maximum Gasteiger partial charge on any atom is 0.312 e. The first kappa shape index (κ1) is 20.0. The highest BCUT2D eigenvalue weighted by Crippen LogP contribution is 2.32. The number of ketones is 1. The van der Waals surface area contributed by atoms with E-state index in [0.29, 0.717) is 18.7 Å². The van der Waals surface area contributed by atoms with Crippen LogP contribution in [0.5, 0.6) is 5.75 Å². The first-order valence-corrected chi connectivity index (χ1v) is 10.8. The van der Waals surface area contributed by atoms with E-state index in [1.54, 1.807) is 18.3 Å². The van der Waals surface area contributed by atoms with E-state index in [1.165, 1.54) is 16.4 Å². The van der Waals surface area contributed by atoms with E-state index in [2.05, 4.69) is 4.98 Å². The number of sulfonamides is 1. The van der Waals surface area contributed by atoms with Crippen molar-refractivity contribution < 1.29 is 22.9 Å². The number of nitrogens with zero attached hydrogens (tertiary/aromatic N) is 2. The quantitative estimate of drug-likeness (QED) is 0.350. The molecule has 1 aliphatic rings. The molecule has 1 N–H and O–H groups in total. The number of Topliss-reactive ketones (excluding diaryl/α,β-unsaturated/α-hetero) is 1. The number of H-pyrrole nitrogens is 1. The van der Waals surface area contributed by atoms with Crippen molar-refractivity contribution in [2.45, 2.75) is 17.7 Å². The second-order valence-electron chi connectivity index (χ2n) is 6.96. The highest BCUT2D eigenvalue weighted by molar-refractivity contribution is 7.89. The fourth-order valence-electron chi connectivity index (χ4n) is 3.52. The number of carbonyl (C=O) groups is 1. The summed E-state index contributed by atoms with van der Waals surface area (Å²) in [4.78, 5) is 26.2. The van der Waals surface area contributed by atoms with Gasteiger partial charge >= 0.3 is 5.69 Å². The molecule has 1 fully saturated rings. The van der Waals surface area contributed by atoms with E-state index in [-0.39, 0.29) is 16.4 Å². The van der Waals surface area contributed by atoms with Crippen LogP contribution in [0, 0.1) is 10.1 Å². The van der Waals surface area contributed by atoms with Crippen LogP contribution >= 0.6 is 0 Å². The number of aromatic amines is 1. The number of rotatable bonds is 7. The Morgan fingerprint density at radius 3 is 2.63 bits per heavy atom. The van der Waals surface area contributed by atoms with Crippen molar-refractivity contribution >= 4 is 32.4 Å². The van der Waals surface area contributed by atoms with Gasteiger partial charge in [0.15, 0.2) is 12.4 Å². The minimum Gasteiger partial charge on any atom is -0.478 e. The van der Waals surface area contributed by atoms with E-state index < -0.39 is 27.2 Å². The van der Waals surface area contributed by atoms with Gasteiger partial charge in [0.1, 0.15) is 0 Å². The van der Waals surface area contributed by atoms with E-state index in [9.17, 15) is 23.3 Å². The van der Waals surface area contributed by atoms with Crippen LogP contribution in [0.2, 0.25) is 0 Å². The van der Waals surface area contributed by atoms with Crippen LogP contribution in [0.3, 0.4) is 0 Å². The molecule has 0 unspecified atom stereocenters. The number of carbonyl (C=O) groups excluding carboxylic acids is 1. The van der Waals surface area contributed by atoms with Gasteiger partial charge in [0.05, 0.1) is 9.82 Å². The van der Waals surface area contributed by atoms with Crippen molar-refractivity contribution in [1.82, 2.24) is 9.29 Å². The molecule has 0 radical (unpaired) electrons. The van der Waals surface area contributed by atoms with Gasteiger partial charge in [0, 0.05) is 41.8 Å². The largest absolute Gasteiger partial charge is 0.478 e. The number of fused-ring (bicyclic) bond motifs is 1. The fraction of sp³-hybridized carbons (Fsp3) is 0.250. The van der Waals surface area contributed by atoms with Gasteiger partial charge < -0.3 is 9.72 Å². The Hall–Kier alpha value is -3.24. The van der Waals surface area contributed by atoms with E-state index >= 15 is 0 Å². The van der Waals surface area contributed by atoms with Gasteiger partial charge in [-0.3, -0.25) is 14.9 Å². The molecule has 0 bridgehead atoms. The summed E-state index contributed by atoms with van der Waals surface area (Å²) >= 11 is 0. The lowest BCUT2D eigenvalue weighted by Gasteiger charge is -2.15. The van der Waals surface area contributed by atoms with Crippen molar-refractivity contribution in [3.8, 4) is 5.75 Å². The van der Waals surface area contributed by atoms with Gasteiger partial charge in [0.25, 0.3) is 0 Å². The van der Waals surface area contributed by atoms with Crippen LogP contribution in [-0.2, 0) is 10.0 Å². The standard InChI is InChI=1S/C20H19N3O6S/c24-19(16-12-21-17-6-2-1-5-15(16)17)13-29-20-8-7-14(11-18(20)23(25)26)30(27,28)22-9-3-4-10-22/h1-2,5-8,11-12,21H,3-4,9-10,13H2. The third-order valence-electron chi connectivity index (χ3n) is 5.08. The molecule has 0 spiro atoms. The summed E-state index contributed by atoms with van der Waals surface area (Å²) in [5.41, 5.74) is 0.715. The number of nitro groups is 1. The van der Waals surface area contributed by atoms with Crippen LogP contribution in [0.25, 0.3) is 10.9 Å². The molecule has 1 aliphatic heterocycles. The molecule has 2 heterocycles. The predicted molar refractivity (Wildman–Crippen MR) is 109 cm³/mol. The van der Waals surface area contributed by atoms with Crippen LogP contribution in [-0.4, -0.2) is 48.1 Å². The molecule has 30 heavy (non-hydrogen) atoms. The Morgan fingerprint density at radius 2 is 1.90 bits per heavy atom. The summed E-state index contributed by atoms with van der Waals surface area (Å²) in [5.74, 6) is -0.510. The smallest absolute Gasteiger partial charge is 0.312 e. The molecule has 4 rings (SSSR count). The summed E-state index contributed by atoms with van der Waals surface area (Å²) in [7, 11) is -3.80. The number of hydrogen-bond acceptors (Lipinski definition) is 6. The highest BCUT2D eigenvalue weighted by Gasteiger charge is 2.30. The number of para-hydroxylation sites is 1. The first-order chi connectivity index (χ1) is 14.4. The average molecular weight is 429 g/mol. The maximum atomic E-state index is 12.7. The van der Waals surface area contributed by atoms with Crippen molar-refractivity contribution in [2.24, 2.45) is 0 Å². The van der Waals surface area contributed by atoms with E-state index in [4.69, 9.17) is 4.74 Å². The normalized spacial score (nSPS) is 14.8. The molecule has 0 saturated carbocycles. The zero-order valence-corrected chi connectivity index (χ0v) is 16.7. The molecule has 3 aromatic rings. The van der Waals surface area contributed by atoms with Crippen LogP contribution in [0.1, 0.15) is 23.2 Å². The van der Waals surface area contributed by atoms with Gasteiger partial charge in [-0.25, -0.2) is 8.42 Å². The van der Waals surface area contributed by atoms with Gasteiger partial charge in [-0.15, -0.1) is 0 Å². The number of benzene rings is 2. The summed E-state index contributed by atoms with van der Waals surface area (Å²) in [6.07, 6.45) is 3.09. The van der Waals surface area contributed by atoms with Crippen LogP contribution in [0.15, 0.2) is 53.6 Å². The summed E-state index contributed by atoms with van der Waals surface area (Å²) in [6.45, 7) is 0.377. The number of nitrogens with one attached hydrogen (secondary N) is 1. The monoisotopic (exact) mass is 429 g/mol. The average Bonchev–Trinajstić information content (AvgIpc) is 3.42. The third-order valence-corrected chi connectivity index (χ3v) is 6.97. The molecule has 1 saturated heterocycles. The maximum absolute atomic E-state index is 12.7. The Kier molecular flexibility index (Phi) is 5.27. The molecule has 1 aromatic heterocycles. The van der Waals surface area contributed by atoms with E-state index in [1.807, 2.05) is 12.1 Å². The lowest BCUT2D eigenvalue weighted by Crippen LogP contribution is -2.27. The molecule has 156 valence electrons. The van der Waals surface area contributed by atoms with Crippen molar-refractivity contribution in [3.05, 3.63) is 64.3 Å². The van der Waals surface area contributed by atoms with Gasteiger partial charge in [-0.2, -0.15) is 4.31 Å². The van der Waals surface area contributed by atoms with Crippen molar-refractivity contribution in [1.29, 1.82) is 0 Å². The second kappa shape index (κ2) is 7.88. The molecule has 10 heteroatoms.